The van der Waals surface area contributed by atoms with Gasteiger partial charge in [0.15, 0.2) is 17.3 Å². The van der Waals surface area contributed by atoms with Crippen LogP contribution in [0.5, 0.6) is 11.5 Å². The highest BCUT2D eigenvalue weighted by atomic mass is 35.5. The lowest BCUT2D eigenvalue weighted by Crippen LogP contribution is -2.25. The summed E-state index contributed by atoms with van der Waals surface area (Å²) < 4.78 is 21.5. The summed E-state index contributed by atoms with van der Waals surface area (Å²) in [6, 6.07) is 15.9. The van der Waals surface area contributed by atoms with Crippen LogP contribution in [-0.4, -0.2) is 15.5 Å². The second-order valence-corrected chi connectivity index (χ2v) is 7.90. The molecule has 0 unspecified atom stereocenters. The van der Waals surface area contributed by atoms with E-state index in [1.54, 1.807) is 0 Å². The molecule has 0 fully saturated rings. The smallest absolute Gasteiger partial charge is 0.255 e. The third kappa shape index (κ3) is 5.07. The van der Waals surface area contributed by atoms with Crippen molar-refractivity contribution in [1.29, 1.82) is 0 Å². The first-order chi connectivity index (χ1) is 16.3. The highest BCUT2D eigenvalue weighted by Crippen LogP contribution is 2.33. The molecular weight excluding hydrogens is 459 g/mol. The monoisotopic (exact) mass is 478 g/mol. The molecule has 0 aliphatic rings. The third-order valence-corrected chi connectivity index (χ3v) is 5.42. The van der Waals surface area contributed by atoms with Crippen molar-refractivity contribution in [2.45, 2.75) is 13.5 Å². The summed E-state index contributed by atoms with van der Waals surface area (Å²) in [5, 5.41) is 2.88. The predicted octanol–water partition coefficient (Wildman–Crippen LogP) is 4.64. The standard InChI is InChI=1S/C25H20ClFN4O3/c1-15-2-4-16(5-3-15)13-30-25(33)17-6-9-22(32)31(14-17)18-7-8-20(19(27)12-18)34-21-10-11-29-24(28)23(21)26/h2-12,14H,13H2,1H3,(H2,28,29)(H,30,33). The minimum Gasteiger partial charge on any atom is -0.453 e. The maximum absolute atomic E-state index is 14.8. The summed E-state index contributed by atoms with van der Waals surface area (Å²) in [7, 11) is 0. The molecule has 2 aromatic heterocycles. The molecule has 2 heterocycles. The number of aromatic nitrogens is 2. The molecule has 4 rings (SSSR count). The van der Waals surface area contributed by atoms with Crippen LogP contribution in [0, 0.1) is 12.7 Å². The number of hydrogen-bond donors (Lipinski definition) is 2. The van der Waals surface area contributed by atoms with E-state index in [1.165, 1.54) is 47.3 Å². The van der Waals surface area contributed by atoms with Gasteiger partial charge in [0.05, 0.1) is 11.3 Å². The van der Waals surface area contributed by atoms with E-state index >= 15 is 0 Å². The molecule has 3 N–H and O–H groups in total. The van der Waals surface area contributed by atoms with Gasteiger partial charge < -0.3 is 15.8 Å². The molecule has 1 amide bonds. The van der Waals surface area contributed by atoms with Gasteiger partial charge in [-0.15, -0.1) is 0 Å². The topological polar surface area (TPSA) is 99.2 Å². The van der Waals surface area contributed by atoms with E-state index in [9.17, 15) is 14.0 Å². The molecule has 0 atom stereocenters. The molecule has 0 saturated carbocycles. The van der Waals surface area contributed by atoms with Crippen LogP contribution in [0.4, 0.5) is 10.2 Å². The number of aryl methyl sites for hydroxylation is 1. The van der Waals surface area contributed by atoms with Crippen molar-refractivity contribution >= 4 is 23.3 Å². The summed E-state index contributed by atoms with van der Waals surface area (Å²) in [6.07, 6.45) is 2.75. The highest BCUT2D eigenvalue weighted by Gasteiger charge is 2.13. The largest absolute Gasteiger partial charge is 0.453 e. The van der Waals surface area contributed by atoms with Crippen LogP contribution in [-0.2, 0) is 6.54 Å². The van der Waals surface area contributed by atoms with E-state index < -0.39 is 11.4 Å². The van der Waals surface area contributed by atoms with Gasteiger partial charge in [-0.25, -0.2) is 9.37 Å². The molecule has 4 aromatic rings. The Morgan fingerprint density at radius 3 is 2.62 bits per heavy atom. The van der Waals surface area contributed by atoms with Crippen LogP contribution in [0.2, 0.25) is 5.02 Å². The molecule has 9 heteroatoms. The minimum absolute atomic E-state index is 0.0558. The molecule has 7 nitrogen and oxygen atoms in total. The fourth-order valence-corrected chi connectivity index (χ4v) is 3.32. The number of hydrogen-bond acceptors (Lipinski definition) is 5. The number of amides is 1. The molecule has 172 valence electrons. The Morgan fingerprint density at radius 2 is 1.88 bits per heavy atom. The Bertz CT molecular complexity index is 1420. The lowest BCUT2D eigenvalue weighted by Gasteiger charge is -2.12. The number of rotatable bonds is 6. The number of pyridine rings is 2. The van der Waals surface area contributed by atoms with Gasteiger partial charge in [0.2, 0.25) is 0 Å². The normalized spacial score (nSPS) is 10.7. The fourth-order valence-electron chi connectivity index (χ4n) is 3.17. The molecular formula is C25H20ClFN4O3. The molecule has 0 bridgehead atoms. The first kappa shape index (κ1) is 23.0. The van der Waals surface area contributed by atoms with E-state index in [2.05, 4.69) is 10.3 Å². The molecule has 0 spiro atoms. The van der Waals surface area contributed by atoms with Gasteiger partial charge in [0.25, 0.3) is 11.5 Å². The Morgan fingerprint density at radius 1 is 1.12 bits per heavy atom. The van der Waals surface area contributed by atoms with Crippen molar-refractivity contribution in [2.24, 2.45) is 0 Å². The number of ether oxygens (including phenoxy) is 1. The average Bonchev–Trinajstić information content (AvgIpc) is 2.83. The molecule has 0 aliphatic carbocycles. The number of nitrogen functional groups attached to an aromatic ring is 1. The SMILES string of the molecule is Cc1ccc(CNC(=O)c2ccc(=O)n(-c3ccc(Oc4ccnc(N)c4Cl)c(F)c3)c2)cc1. The molecule has 2 aromatic carbocycles. The van der Waals surface area contributed by atoms with Gasteiger partial charge >= 0.3 is 0 Å². The zero-order chi connectivity index (χ0) is 24.2. The van der Waals surface area contributed by atoms with E-state index in [0.29, 0.717) is 6.54 Å². The summed E-state index contributed by atoms with van der Waals surface area (Å²) in [5.74, 6) is -1.01. The van der Waals surface area contributed by atoms with E-state index in [0.717, 1.165) is 17.2 Å². The first-order valence-electron chi connectivity index (χ1n) is 10.3. The summed E-state index contributed by atoms with van der Waals surface area (Å²) in [4.78, 5) is 28.9. The lowest BCUT2D eigenvalue weighted by atomic mass is 10.1. The molecule has 0 radical (unpaired) electrons. The van der Waals surface area contributed by atoms with Crippen molar-refractivity contribution in [1.82, 2.24) is 14.9 Å². The van der Waals surface area contributed by atoms with Crippen molar-refractivity contribution in [3.05, 3.63) is 111 Å². The molecule has 0 aliphatic heterocycles. The maximum atomic E-state index is 14.8. The number of halogens is 2. The number of nitrogens with zero attached hydrogens (tertiary/aromatic N) is 2. The van der Waals surface area contributed by atoms with Crippen molar-refractivity contribution < 1.29 is 13.9 Å². The average molecular weight is 479 g/mol. The van der Waals surface area contributed by atoms with Crippen LogP contribution in [0.1, 0.15) is 21.5 Å². The number of benzene rings is 2. The minimum atomic E-state index is -0.731. The predicted molar refractivity (Wildman–Crippen MR) is 128 cm³/mol. The van der Waals surface area contributed by atoms with E-state index in [4.69, 9.17) is 22.1 Å². The Hall–Kier alpha value is -4.17. The number of carbonyl (C=O) groups is 1. The van der Waals surface area contributed by atoms with Gasteiger partial charge in [0, 0.05) is 37.1 Å². The van der Waals surface area contributed by atoms with Crippen LogP contribution in [0.15, 0.2) is 77.9 Å². The number of carbonyl (C=O) groups excluding carboxylic acids is 1. The summed E-state index contributed by atoms with van der Waals surface area (Å²) in [6.45, 7) is 2.32. The number of nitrogens with one attached hydrogen (secondary N) is 1. The number of anilines is 1. The zero-order valence-electron chi connectivity index (χ0n) is 18.1. The molecule has 0 saturated heterocycles. The van der Waals surface area contributed by atoms with Crippen molar-refractivity contribution in [2.75, 3.05) is 5.73 Å². The third-order valence-electron chi connectivity index (χ3n) is 5.04. The summed E-state index contributed by atoms with van der Waals surface area (Å²) in [5.41, 5.74) is 7.77. The number of nitrogens with two attached hydrogens (primary N) is 1. The van der Waals surface area contributed by atoms with Crippen LogP contribution in [0.3, 0.4) is 0 Å². The van der Waals surface area contributed by atoms with E-state index in [1.807, 2.05) is 31.2 Å². The van der Waals surface area contributed by atoms with Gasteiger partial charge in [0.1, 0.15) is 10.8 Å². The van der Waals surface area contributed by atoms with Crippen LogP contribution in [0.25, 0.3) is 5.69 Å². The zero-order valence-corrected chi connectivity index (χ0v) is 18.8. The molecule has 34 heavy (non-hydrogen) atoms. The maximum Gasteiger partial charge on any atom is 0.255 e. The van der Waals surface area contributed by atoms with Gasteiger partial charge in [-0.2, -0.15) is 0 Å². The quantitative estimate of drug-likeness (QED) is 0.420. The van der Waals surface area contributed by atoms with Crippen LogP contribution < -0.4 is 21.3 Å². The Balaban J connectivity index is 1.54. The van der Waals surface area contributed by atoms with Gasteiger partial charge in [-0.05, 0) is 30.7 Å². The first-order valence-corrected chi connectivity index (χ1v) is 10.6. The Labute approximate surface area is 199 Å². The summed E-state index contributed by atoms with van der Waals surface area (Å²) >= 11 is 6.04. The lowest BCUT2D eigenvalue weighted by molar-refractivity contribution is 0.0950. The van der Waals surface area contributed by atoms with Gasteiger partial charge in [-0.1, -0.05) is 41.4 Å². The van der Waals surface area contributed by atoms with Gasteiger partial charge in [-0.3, -0.25) is 14.2 Å². The highest BCUT2D eigenvalue weighted by molar-refractivity contribution is 6.34. The second kappa shape index (κ2) is 9.76. The van der Waals surface area contributed by atoms with Crippen molar-refractivity contribution in [3.8, 4) is 17.2 Å². The Kier molecular flexibility index (Phi) is 6.60. The fraction of sp³-hybridized carbons (Fsp3) is 0.0800. The van der Waals surface area contributed by atoms with Crippen molar-refractivity contribution in [3.63, 3.8) is 0 Å². The second-order valence-electron chi connectivity index (χ2n) is 7.52. The van der Waals surface area contributed by atoms with E-state index in [-0.39, 0.29) is 39.5 Å². The van der Waals surface area contributed by atoms with Crippen LogP contribution >= 0.6 is 11.6 Å².